The third-order valence-electron chi connectivity index (χ3n) is 3.42. The van der Waals surface area contributed by atoms with Gasteiger partial charge in [-0.1, -0.05) is 0 Å². The zero-order valence-corrected chi connectivity index (χ0v) is 12.4. The standard InChI is InChI=1S/C15H13N3O2S/c1-8-10(13(16)19)7-11(14-17-3-5-20-14)9(2)12(8)15-18-4-6-21-15/h3-7H,1-2H3,(H2,16,19). The predicted octanol–water partition coefficient (Wildman–Crippen LogP) is 3.18. The number of carbonyl (C=O) groups excluding carboxylic acids is 1. The van der Waals surface area contributed by atoms with E-state index in [1.807, 2.05) is 19.2 Å². The third kappa shape index (κ3) is 2.23. The SMILES string of the molecule is Cc1c(C(N)=O)cc(-c2ncco2)c(C)c1-c1nccs1. The summed E-state index contributed by atoms with van der Waals surface area (Å²) in [4.78, 5) is 20.2. The summed E-state index contributed by atoms with van der Waals surface area (Å²) < 4.78 is 5.37. The van der Waals surface area contributed by atoms with Crippen molar-refractivity contribution in [2.24, 2.45) is 5.73 Å². The number of primary amides is 1. The molecule has 0 saturated heterocycles. The molecule has 2 N–H and O–H groups in total. The Morgan fingerprint density at radius 2 is 2.05 bits per heavy atom. The van der Waals surface area contributed by atoms with Crippen molar-refractivity contribution in [2.75, 3.05) is 0 Å². The summed E-state index contributed by atoms with van der Waals surface area (Å²) in [6.45, 7) is 3.84. The third-order valence-corrected chi connectivity index (χ3v) is 4.21. The molecular weight excluding hydrogens is 286 g/mol. The molecule has 0 aliphatic heterocycles. The number of hydrogen-bond acceptors (Lipinski definition) is 5. The minimum Gasteiger partial charge on any atom is -0.445 e. The van der Waals surface area contributed by atoms with Gasteiger partial charge in [-0.2, -0.15) is 0 Å². The summed E-state index contributed by atoms with van der Waals surface area (Å²) in [6, 6.07) is 1.73. The normalized spacial score (nSPS) is 10.8. The van der Waals surface area contributed by atoms with Gasteiger partial charge in [0, 0.05) is 28.3 Å². The van der Waals surface area contributed by atoms with E-state index in [0.717, 1.165) is 27.3 Å². The molecule has 0 aliphatic carbocycles. The van der Waals surface area contributed by atoms with Gasteiger partial charge in [-0.3, -0.25) is 4.79 Å². The van der Waals surface area contributed by atoms with Gasteiger partial charge in [-0.05, 0) is 31.0 Å². The highest BCUT2D eigenvalue weighted by atomic mass is 32.1. The average Bonchev–Trinajstić information content (AvgIpc) is 3.11. The quantitative estimate of drug-likeness (QED) is 0.805. The van der Waals surface area contributed by atoms with E-state index in [1.165, 1.54) is 17.6 Å². The van der Waals surface area contributed by atoms with Crippen LogP contribution in [0.2, 0.25) is 0 Å². The molecule has 0 bridgehead atoms. The Morgan fingerprint density at radius 3 is 2.62 bits per heavy atom. The number of aromatic nitrogens is 2. The Hall–Kier alpha value is -2.47. The van der Waals surface area contributed by atoms with E-state index in [1.54, 1.807) is 18.5 Å². The van der Waals surface area contributed by atoms with Crippen LogP contribution < -0.4 is 5.73 Å². The monoisotopic (exact) mass is 299 g/mol. The zero-order valence-electron chi connectivity index (χ0n) is 11.6. The fourth-order valence-electron chi connectivity index (χ4n) is 2.41. The van der Waals surface area contributed by atoms with Crippen molar-refractivity contribution in [3.63, 3.8) is 0 Å². The summed E-state index contributed by atoms with van der Waals surface area (Å²) in [5, 5.41) is 2.75. The van der Waals surface area contributed by atoms with E-state index < -0.39 is 5.91 Å². The van der Waals surface area contributed by atoms with E-state index >= 15 is 0 Å². The van der Waals surface area contributed by atoms with Crippen molar-refractivity contribution < 1.29 is 9.21 Å². The number of carbonyl (C=O) groups is 1. The van der Waals surface area contributed by atoms with E-state index in [-0.39, 0.29) is 0 Å². The second-order valence-electron chi connectivity index (χ2n) is 4.64. The molecule has 0 fully saturated rings. The summed E-state index contributed by atoms with van der Waals surface area (Å²) in [6.07, 6.45) is 4.81. The number of amides is 1. The lowest BCUT2D eigenvalue weighted by molar-refractivity contribution is 0.1000. The largest absolute Gasteiger partial charge is 0.445 e. The van der Waals surface area contributed by atoms with Gasteiger partial charge in [-0.25, -0.2) is 9.97 Å². The number of benzene rings is 1. The Kier molecular flexibility index (Phi) is 3.31. The zero-order chi connectivity index (χ0) is 15.0. The van der Waals surface area contributed by atoms with Crippen molar-refractivity contribution in [2.45, 2.75) is 13.8 Å². The second-order valence-corrected chi connectivity index (χ2v) is 5.53. The van der Waals surface area contributed by atoms with Gasteiger partial charge in [0.1, 0.15) is 11.3 Å². The fourth-order valence-corrected chi connectivity index (χ4v) is 3.21. The minimum atomic E-state index is -0.474. The molecule has 106 valence electrons. The van der Waals surface area contributed by atoms with Gasteiger partial charge in [0.15, 0.2) is 0 Å². The molecule has 0 unspecified atom stereocenters. The summed E-state index contributed by atoms with van der Waals surface area (Å²) in [5.41, 5.74) is 9.42. The Morgan fingerprint density at radius 1 is 1.24 bits per heavy atom. The molecule has 1 amide bonds. The van der Waals surface area contributed by atoms with Crippen molar-refractivity contribution in [1.82, 2.24) is 9.97 Å². The topological polar surface area (TPSA) is 82.0 Å². The van der Waals surface area contributed by atoms with Crippen LogP contribution in [0.15, 0.2) is 34.5 Å². The smallest absolute Gasteiger partial charge is 0.249 e. The molecule has 5 nitrogen and oxygen atoms in total. The highest BCUT2D eigenvalue weighted by Crippen LogP contribution is 2.36. The van der Waals surface area contributed by atoms with Crippen LogP contribution in [0.1, 0.15) is 21.5 Å². The minimum absolute atomic E-state index is 0.457. The van der Waals surface area contributed by atoms with Crippen LogP contribution in [0.5, 0.6) is 0 Å². The van der Waals surface area contributed by atoms with Crippen molar-refractivity contribution in [3.8, 4) is 22.0 Å². The molecule has 3 rings (SSSR count). The number of rotatable bonds is 3. The summed E-state index contributed by atoms with van der Waals surface area (Å²) in [7, 11) is 0. The molecule has 1 aromatic carbocycles. The number of nitrogens with two attached hydrogens (primary N) is 1. The van der Waals surface area contributed by atoms with Crippen LogP contribution in [0.25, 0.3) is 22.0 Å². The van der Waals surface area contributed by atoms with Crippen LogP contribution in [-0.2, 0) is 0 Å². The van der Waals surface area contributed by atoms with E-state index in [9.17, 15) is 4.79 Å². The predicted molar refractivity (Wildman–Crippen MR) is 81.0 cm³/mol. The molecule has 2 aromatic heterocycles. The van der Waals surface area contributed by atoms with Crippen LogP contribution in [0.3, 0.4) is 0 Å². The van der Waals surface area contributed by atoms with Gasteiger partial charge in [0.2, 0.25) is 11.8 Å². The molecule has 6 heteroatoms. The average molecular weight is 299 g/mol. The molecule has 0 saturated carbocycles. The maximum Gasteiger partial charge on any atom is 0.249 e. The van der Waals surface area contributed by atoms with E-state index in [4.69, 9.17) is 10.2 Å². The first-order valence-electron chi connectivity index (χ1n) is 6.33. The van der Waals surface area contributed by atoms with E-state index in [2.05, 4.69) is 9.97 Å². The number of nitrogens with zero attached hydrogens (tertiary/aromatic N) is 2. The summed E-state index contributed by atoms with van der Waals surface area (Å²) >= 11 is 1.52. The lowest BCUT2D eigenvalue weighted by Crippen LogP contribution is -2.14. The highest BCUT2D eigenvalue weighted by Gasteiger charge is 2.20. The van der Waals surface area contributed by atoms with Gasteiger partial charge < -0.3 is 10.2 Å². The van der Waals surface area contributed by atoms with Crippen LogP contribution in [-0.4, -0.2) is 15.9 Å². The van der Waals surface area contributed by atoms with Crippen LogP contribution >= 0.6 is 11.3 Å². The van der Waals surface area contributed by atoms with Crippen molar-refractivity contribution in [1.29, 1.82) is 0 Å². The number of oxazole rings is 1. The molecule has 0 aliphatic rings. The molecule has 0 atom stereocenters. The molecule has 0 radical (unpaired) electrons. The second kappa shape index (κ2) is 5.14. The highest BCUT2D eigenvalue weighted by molar-refractivity contribution is 7.13. The maximum atomic E-state index is 11.7. The van der Waals surface area contributed by atoms with Crippen LogP contribution in [0, 0.1) is 13.8 Å². The molecular formula is C15H13N3O2S. The molecule has 21 heavy (non-hydrogen) atoms. The molecule has 3 aromatic rings. The van der Waals surface area contributed by atoms with Crippen molar-refractivity contribution >= 4 is 17.2 Å². The Balaban J connectivity index is 2.35. The fraction of sp³-hybridized carbons (Fsp3) is 0.133. The Labute approximate surface area is 125 Å². The first-order chi connectivity index (χ1) is 10.1. The molecule has 0 spiro atoms. The van der Waals surface area contributed by atoms with Crippen molar-refractivity contribution in [3.05, 3.63) is 46.8 Å². The molecule has 2 heterocycles. The first-order valence-corrected chi connectivity index (χ1v) is 7.21. The van der Waals surface area contributed by atoms with Gasteiger partial charge in [0.25, 0.3) is 0 Å². The lowest BCUT2D eigenvalue weighted by atomic mass is 9.92. The number of hydrogen-bond donors (Lipinski definition) is 1. The number of thiazole rings is 1. The van der Waals surface area contributed by atoms with Crippen LogP contribution in [0.4, 0.5) is 0 Å². The summed E-state index contributed by atoms with van der Waals surface area (Å²) in [5.74, 6) is -0.00841. The first kappa shape index (κ1) is 13.5. The van der Waals surface area contributed by atoms with Gasteiger partial charge in [0.05, 0.1) is 6.20 Å². The van der Waals surface area contributed by atoms with E-state index in [0.29, 0.717) is 11.5 Å². The lowest BCUT2D eigenvalue weighted by Gasteiger charge is -2.14. The maximum absolute atomic E-state index is 11.7. The van der Waals surface area contributed by atoms with Gasteiger partial charge in [-0.15, -0.1) is 11.3 Å². The Bertz CT molecular complexity index is 793. The van der Waals surface area contributed by atoms with Gasteiger partial charge >= 0.3 is 0 Å².